The lowest BCUT2D eigenvalue weighted by molar-refractivity contribution is -0.121. The number of aromatic nitrogens is 2. The van der Waals surface area contributed by atoms with Crippen LogP contribution in [0.15, 0.2) is 24.5 Å². The van der Waals surface area contributed by atoms with E-state index >= 15 is 0 Å². The molecule has 6 nitrogen and oxygen atoms in total. The van der Waals surface area contributed by atoms with Gasteiger partial charge in [-0.1, -0.05) is 6.07 Å². The van der Waals surface area contributed by atoms with Crippen LogP contribution < -0.4 is 5.32 Å². The van der Waals surface area contributed by atoms with Crippen molar-refractivity contribution in [1.82, 2.24) is 15.3 Å². The maximum atomic E-state index is 11.7. The second-order valence-electron chi connectivity index (χ2n) is 4.47. The first-order valence-corrected chi connectivity index (χ1v) is 7.23. The highest BCUT2D eigenvalue weighted by molar-refractivity contribution is 7.13. The monoisotopic (exact) mass is 305 g/mol. The molecule has 0 aromatic carbocycles. The van der Waals surface area contributed by atoms with Gasteiger partial charge in [0.25, 0.3) is 0 Å². The fourth-order valence-corrected chi connectivity index (χ4v) is 2.64. The molecule has 0 bridgehead atoms. The number of hydrogen-bond acceptors (Lipinski definition) is 5. The molecule has 110 valence electrons. The van der Waals surface area contributed by atoms with Crippen molar-refractivity contribution in [3.63, 3.8) is 0 Å². The first kappa shape index (κ1) is 15.1. The van der Waals surface area contributed by atoms with Crippen LogP contribution in [0, 0.1) is 6.92 Å². The standard InChI is InChI=1S/C14H15N3O3S/c1-9-13(14(19)20)21-12(17-9)8-16-11(18)5-4-10-3-2-6-15-7-10/h2-3,6-7H,4-5,8H2,1H3,(H,16,18)(H,19,20). The van der Waals surface area contributed by atoms with Crippen molar-refractivity contribution in [3.05, 3.63) is 45.7 Å². The highest BCUT2D eigenvalue weighted by Gasteiger charge is 2.14. The van der Waals surface area contributed by atoms with E-state index < -0.39 is 5.97 Å². The SMILES string of the molecule is Cc1nc(CNC(=O)CCc2cccnc2)sc1C(=O)O. The van der Waals surface area contributed by atoms with Gasteiger partial charge in [-0.25, -0.2) is 9.78 Å². The highest BCUT2D eigenvalue weighted by atomic mass is 32.1. The number of carbonyl (C=O) groups is 2. The average molecular weight is 305 g/mol. The lowest BCUT2D eigenvalue weighted by Crippen LogP contribution is -2.22. The van der Waals surface area contributed by atoms with Crippen molar-refractivity contribution in [2.24, 2.45) is 0 Å². The van der Waals surface area contributed by atoms with Crippen LogP contribution in [-0.2, 0) is 17.8 Å². The number of nitrogens with one attached hydrogen (secondary N) is 1. The Hall–Kier alpha value is -2.28. The van der Waals surface area contributed by atoms with Crippen molar-refractivity contribution in [3.8, 4) is 0 Å². The molecule has 2 aromatic heterocycles. The Morgan fingerprint density at radius 2 is 2.24 bits per heavy atom. The summed E-state index contributed by atoms with van der Waals surface area (Å²) in [4.78, 5) is 31.0. The second-order valence-corrected chi connectivity index (χ2v) is 5.55. The van der Waals surface area contributed by atoms with Crippen LogP contribution in [0.4, 0.5) is 0 Å². The van der Waals surface area contributed by atoms with Crippen LogP contribution >= 0.6 is 11.3 Å². The van der Waals surface area contributed by atoms with Gasteiger partial charge in [0.15, 0.2) is 0 Å². The van der Waals surface area contributed by atoms with Crippen molar-refractivity contribution in [1.29, 1.82) is 0 Å². The van der Waals surface area contributed by atoms with Gasteiger partial charge in [0.2, 0.25) is 5.91 Å². The van der Waals surface area contributed by atoms with E-state index in [0.29, 0.717) is 23.5 Å². The molecule has 0 fully saturated rings. The summed E-state index contributed by atoms with van der Waals surface area (Å²) >= 11 is 1.09. The van der Waals surface area contributed by atoms with Crippen molar-refractivity contribution < 1.29 is 14.7 Å². The number of pyridine rings is 1. The molecule has 0 aliphatic rings. The zero-order chi connectivity index (χ0) is 15.2. The van der Waals surface area contributed by atoms with Crippen LogP contribution in [0.25, 0.3) is 0 Å². The predicted molar refractivity (Wildman–Crippen MR) is 78.2 cm³/mol. The van der Waals surface area contributed by atoms with E-state index in [-0.39, 0.29) is 17.3 Å². The molecule has 0 atom stereocenters. The van der Waals surface area contributed by atoms with E-state index in [2.05, 4.69) is 15.3 Å². The maximum absolute atomic E-state index is 11.7. The molecule has 21 heavy (non-hydrogen) atoms. The number of carboxylic acid groups (broad SMARTS) is 1. The van der Waals surface area contributed by atoms with Crippen LogP contribution in [0.3, 0.4) is 0 Å². The molecule has 0 saturated heterocycles. The van der Waals surface area contributed by atoms with Gasteiger partial charge in [-0.15, -0.1) is 11.3 Å². The van der Waals surface area contributed by atoms with Gasteiger partial charge >= 0.3 is 5.97 Å². The molecular formula is C14H15N3O3S. The summed E-state index contributed by atoms with van der Waals surface area (Å²) in [7, 11) is 0. The van der Waals surface area contributed by atoms with Crippen molar-refractivity contribution in [2.75, 3.05) is 0 Å². The van der Waals surface area contributed by atoms with E-state index in [4.69, 9.17) is 5.11 Å². The van der Waals surface area contributed by atoms with E-state index in [1.807, 2.05) is 12.1 Å². The van der Waals surface area contributed by atoms with Crippen LogP contribution in [-0.4, -0.2) is 27.0 Å². The molecule has 0 radical (unpaired) electrons. The van der Waals surface area contributed by atoms with Gasteiger partial charge in [-0.2, -0.15) is 0 Å². The van der Waals surface area contributed by atoms with Crippen LogP contribution in [0.1, 0.15) is 32.4 Å². The zero-order valence-electron chi connectivity index (χ0n) is 11.5. The topological polar surface area (TPSA) is 92.2 Å². The minimum absolute atomic E-state index is 0.0939. The molecule has 1 amide bonds. The summed E-state index contributed by atoms with van der Waals surface area (Å²) < 4.78 is 0. The number of carbonyl (C=O) groups excluding carboxylic acids is 1. The number of hydrogen-bond donors (Lipinski definition) is 2. The smallest absolute Gasteiger partial charge is 0.347 e. The number of rotatable bonds is 6. The Labute approximate surface area is 125 Å². The fourth-order valence-electron chi connectivity index (χ4n) is 1.79. The third-order valence-corrected chi connectivity index (χ3v) is 3.98. The Morgan fingerprint density at radius 1 is 1.43 bits per heavy atom. The van der Waals surface area contributed by atoms with Gasteiger partial charge in [0.05, 0.1) is 12.2 Å². The van der Waals surface area contributed by atoms with Crippen molar-refractivity contribution in [2.45, 2.75) is 26.3 Å². The van der Waals surface area contributed by atoms with Gasteiger partial charge in [0, 0.05) is 18.8 Å². The summed E-state index contributed by atoms with van der Waals surface area (Å²) in [5, 5.41) is 12.3. The number of carboxylic acids is 1. The molecule has 2 rings (SSSR count). The normalized spacial score (nSPS) is 10.3. The first-order valence-electron chi connectivity index (χ1n) is 6.41. The Kier molecular flexibility index (Phi) is 4.99. The number of amides is 1. The van der Waals surface area contributed by atoms with Crippen LogP contribution in [0.5, 0.6) is 0 Å². The summed E-state index contributed by atoms with van der Waals surface area (Å²) in [6, 6.07) is 3.75. The van der Waals surface area contributed by atoms with Gasteiger partial charge in [0.1, 0.15) is 9.88 Å². The quantitative estimate of drug-likeness (QED) is 0.849. The summed E-state index contributed by atoms with van der Waals surface area (Å²) in [6.07, 6.45) is 4.41. The molecular weight excluding hydrogens is 290 g/mol. The molecule has 7 heteroatoms. The third kappa shape index (κ3) is 4.35. The number of aryl methyl sites for hydroxylation is 2. The minimum Gasteiger partial charge on any atom is -0.477 e. The fraction of sp³-hybridized carbons (Fsp3) is 0.286. The molecule has 0 aliphatic heterocycles. The minimum atomic E-state index is -0.987. The second kappa shape index (κ2) is 6.94. The average Bonchev–Trinajstić information content (AvgIpc) is 2.85. The third-order valence-electron chi connectivity index (χ3n) is 2.84. The predicted octanol–water partition coefficient (Wildman–Crippen LogP) is 1.79. The van der Waals surface area contributed by atoms with Gasteiger partial charge in [-0.05, 0) is 25.0 Å². The summed E-state index contributed by atoms with van der Waals surface area (Å²) in [5.41, 5.74) is 1.48. The molecule has 0 spiro atoms. The number of thiazole rings is 1. The van der Waals surface area contributed by atoms with Gasteiger partial charge in [-0.3, -0.25) is 9.78 Å². The molecule has 0 aliphatic carbocycles. The summed E-state index contributed by atoms with van der Waals surface area (Å²) in [6.45, 7) is 1.90. The van der Waals surface area contributed by atoms with E-state index in [9.17, 15) is 9.59 Å². The highest BCUT2D eigenvalue weighted by Crippen LogP contribution is 2.17. The summed E-state index contributed by atoms with van der Waals surface area (Å²) in [5.74, 6) is -1.08. The Bertz CT molecular complexity index is 640. The van der Waals surface area contributed by atoms with E-state index in [1.165, 1.54) is 0 Å². The molecule has 2 heterocycles. The van der Waals surface area contributed by atoms with Crippen molar-refractivity contribution >= 4 is 23.2 Å². The maximum Gasteiger partial charge on any atom is 0.347 e. The Balaban J connectivity index is 1.81. The first-order chi connectivity index (χ1) is 10.1. The Morgan fingerprint density at radius 3 is 2.86 bits per heavy atom. The molecule has 0 saturated carbocycles. The molecule has 0 unspecified atom stereocenters. The van der Waals surface area contributed by atoms with E-state index in [0.717, 1.165) is 16.9 Å². The van der Waals surface area contributed by atoms with Crippen LogP contribution in [0.2, 0.25) is 0 Å². The van der Waals surface area contributed by atoms with Gasteiger partial charge < -0.3 is 10.4 Å². The lowest BCUT2D eigenvalue weighted by atomic mass is 10.1. The van der Waals surface area contributed by atoms with E-state index in [1.54, 1.807) is 19.3 Å². The largest absolute Gasteiger partial charge is 0.477 e. The zero-order valence-corrected chi connectivity index (χ0v) is 12.3. The number of aromatic carboxylic acids is 1. The molecule has 2 aromatic rings. The lowest BCUT2D eigenvalue weighted by Gasteiger charge is -2.03. The molecule has 2 N–H and O–H groups in total. The number of nitrogens with zero attached hydrogens (tertiary/aromatic N) is 2.